The molecule has 1 fully saturated rings. The lowest BCUT2D eigenvalue weighted by Crippen LogP contribution is -2.25. The minimum absolute atomic E-state index is 0.0849. The van der Waals surface area contributed by atoms with E-state index in [0.29, 0.717) is 31.0 Å². The minimum Gasteiger partial charge on any atom is -0.494 e. The van der Waals surface area contributed by atoms with Crippen molar-refractivity contribution >= 4 is 21.8 Å². The van der Waals surface area contributed by atoms with Gasteiger partial charge < -0.3 is 9.64 Å². The predicted molar refractivity (Wildman–Crippen MR) is 70.3 cm³/mol. The fourth-order valence-electron chi connectivity index (χ4n) is 2.15. The Morgan fingerprint density at radius 1 is 1.56 bits per heavy atom. The summed E-state index contributed by atoms with van der Waals surface area (Å²) in [6, 6.07) is 5.00. The summed E-state index contributed by atoms with van der Waals surface area (Å²) in [5.74, 6) is 0.249. The average molecular weight is 316 g/mol. The Hall–Kier alpha value is -1.10. The number of benzene rings is 1. The van der Waals surface area contributed by atoms with E-state index in [0.717, 1.165) is 5.33 Å². The van der Waals surface area contributed by atoms with Gasteiger partial charge in [0.1, 0.15) is 0 Å². The lowest BCUT2D eigenvalue weighted by molar-refractivity contribution is -0.128. The molecule has 1 atom stereocenters. The van der Waals surface area contributed by atoms with Crippen LogP contribution in [-0.4, -0.2) is 29.8 Å². The van der Waals surface area contributed by atoms with Gasteiger partial charge in [-0.2, -0.15) is 0 Å². The van der Waals surface area contributed by atoms with Crippen molar-refractivity contribution in [1.29, 1.82) is 0 Å². The SMILES string of the molecule is COc1cccc(CN2CC(CBr)CC2=O)c1F. The van der Waals surface area contributed by atoms with Gasteiger partial charge >= 0.3 is 0 Å². The summed E-state index contributed by atoms with van der Waals surface area (Å²) in [6.45, 7) is 0.992. The number of hydrogen-bond donors (Lipinski definition) is 0. The van der Waals surface area contributed by atoms with Gasteiger partial charge in [0, 0.05) is 30.4 Å². The lowest BCUT2D eigenvalue weighted by Gasteiger charge is -2.17. The van der Waals surface area contributed by atoms with Crippen LogP contribution in [0.25, 0.3) is 0 Å². The van der Waals surface area contributed by atoms with Gasteiger partial charge in [-0.05, 0) is 12.0 Å². The molecule has 5 heteroatoms. The third-order valence-corrected chi connectivity index (χ3v) is 4.05. The normalized spacial score (nSPS) is 19.4. The molecule has 1 saturated heterocycles. The van der Waals surface area contributed by atoms with E-state index in [9.17, 15) is 9.18 Å². The van der Waals surface area contributed by atoms with Crippen LogP contribution >= 0.6 is 15.9 Å². The molecule has 1 aliphatic rings. The zero-order valence-corrected chi connectivity index (χ0v) is 11.7. The summed E-state index contributed by atoms with van der Waals surface area (Å²) in [5.41, 5.74) is 0.498. The van der Waals surface area contributed by atoms with Gasteiger partial charge in [0.05, 0.1) is 7.11 Å². The van der Waals surface area contributed by atoms with E-state index >= 15 is 0 Å². The Balaban J connectivity index is 2.12. The van der Waals surface area contributed by atoms with Gasteiger partial charge in [0.15, 0.2) is 11.6 Å². The summed E-state index contributed by atoms with van der Waals surface area (Å²) in [7, 11) is 1.43. The number of likely N-dealkylation sites (tertiary alicyclic amines) is 1. The standard InChI is InChI=1S/C13H15BrFNO2/c1-18-11-4-2-3-10(13(11)15)8-16-7-9(6-14)5-12(16)17/h2-4,9H,5-8H2,1H3. The highest BCUT2D eigenvalue weighted by Gasteiger charge is 2.29. The predicted octanol–water partition coefficient (Wildman–Crippen LogP) is 2.58. The summed E-state index contributed by atoms with van der Waals surface area (Å²) in [5, 5.41) is 0.801. The molecular weight excluding hydrogens is 301 g/mol. The molecule has 1 aliphatic heterocycles. The second kappa shape index (κ2) is 5.69. The molecule has 18 heavy (non-hydrogen) atoms. The highest BCUT2D eigenvalue weighted by Crippen LogP contribution is 2.25. The third-order valence-electron chi connectivity index (χ3n) is 3.14. The highest BCUT2D eigenvalue weighted by atomic mass is 79.9. The number of carbonyl (C=O) groups excluding carboxylic acids is 1. The number of carbonyl (C=O) groups is 1. The van der Waals surface area contributed by atoms with Gasteiger partial charge in [-0.25, -0.2) is 4.39 Å². The molecule has 0 N–H and O–H groups in total. The van der Waals surface area contributed by atoms with E-state index in [4.69, 9.17) is 4.74 Å². The van der Waals surface area contributed by atoms with Crippen LogP contribution in [0.5, 0.6) is 5.75 Å². The lowest BCUT2D eigenvalue weighted by atomic mass is 10.1. The molecule has 0 spiro atoms. The Morgan fingerprint density at radius 2 is 2.33 bits per heavy atom. The molecule has 0 aromatic heterocycles. The van der Waals surface area contributed by atoms with Crippen LogP contribution in [-0.2, 0) is 11.3 Å². The van der Waals surface area contributed by atoms with Crippen LogP contribution in [0.4, 0.5) is 4.39 Å². The Labute approximate surface area is 114 Å². The van der Waals surface area contributed by atoms with Gasteiger partial charge in [0.2, 0.25) is 5.91 Å². The van der Waals surface area contributed by atoms with Crippen molar-refractivity contribution in [3.63, 3.8) is 0 Å². The zero-order chi connectivity index (χ0) is 13.1. The van der Waals surface area contributed by atoms with Crippen molar-refractivity contribution in [2.75, 3.05) is 19.0 Å². The summed E-state index contributed by atoms with van der Waals surface area (Å²) in [6.07, 6.45) is 0.539. The van der Waals surface area contributed by atoms with Crippen molar-refractivity contribution in [3.8, 4) is 5.75 Å². The van der Waals surface area contributed by atoms with Crippen LogP contribution in [0.3, 0.4) is 0 Å². The number of methoxy groups -OCH3 is 1. The zero-order valence-electron chi connectivity index (χ0n) is 10.2. The monoisotopic (exact) mass is 315 g/mol. The molecule has 1 aromatic rings. The highest BCUT2D eigenvalue weighted by molar-refractivity contribution is 9.09. The van der Waals surface area contributed by atoms with E-state index in [2.05, 4.69) is 15.9 Å². The topological polar surface area (TPSA) is 29.5 Å². The van der Waals surface area contributed by atoms with Crippen LogP contribution in [0, 0.1) is 11.7 Å². The molecular formula is C13H15BrFNO2. The summed E-state index contributed by atoms with van der Waals surface area (Å²) < 4.78 is 18.9. The van der Waals surface area contributed by atoms with E-state index in [1.807, 2.05) is 0 Å². The molecule has 0 bridgehead atoms. The quantitative estimate of drug-likeness (QED) is 0.799. The second-order valence-electron chi connectivity index (χ2n) is 4.43. The number of rotatable bonds is 4. The molecule has 1 unspecified atom stereocenters. The Morgan fingerprint density at radius 3 is 2.94 bits per heavy atom. The molecule has 0 radical (unpaired) electrons. The first-order valence-corrected chi connectivity index (χ1v) is 6.93. The van der Waals surface area contributed by atoms with E-state index < -0.39 is 0 Å². The smallest absolute Gasteiger partial charge is 0.223 e. The van der Waals surface area contributed by atoms with Crippen LogP contribution in [0.2, 0.25) is 0 Å². The molecule has 1 amide bonds. The van der Waals surface area contributed by atoms with Crippen molar-refractivity contribution < 1.29 is 13.9 Å². The number of alkyl halides is 1. The first-order valence-electron chi connectivity index (χ1n) is 5.80. The van der Waals surface area contributed by atoms with Crippen LogP contribution in [0.15, 0.2) is 18.2 Å². The maximum absolute atomic E-state index is 14.0. The van der Waals surface area contributed by atoms with E-state index in [1.54, 1.807) is 23.1 Å². The van der Waals surface area contributed by atoms with Crippen LogP contribution in [0.1, 0.15) is 12.0 Å². The van der Waals surface area contributed by atoms with E-state index in [-0.39, 0.29) is 17.5 Å². The largest absolute Gasteiger partial charge is 0.494 e. The van der Waals surface area contributed by atoms with Crippen molar-refractivity contribution in [2.45, 2.75) is 13.0 Å². The maximum atomic E-state index is 14.0. The average Bonchev–Trinajstić information content (AvgIpc) is 2.73. The fraction of sp³-hybridized carbons (Fsp3) is 0.462. The number of hydrogen-bond acceptors (Lipinski definition) is 2. The molecule has 0 saturated carbocycles. The Kier molecular flexibility index (Phi) is 4.22. The molecule has 0 aliphatic carbocycles. The number of ether oxygens (including phenoxy) is 1. The molecule has 98 valence electrons. The van der Waals surface area contributed by atoms with Gasteiger partial charge in [-0.3, -0.25) is 4.79 Å². The number of nitrogens with zero attached hydrogens (tertiary/aromatic N) is 1. The minimum atomic E-state index is -0.380. The summed E-state index contributed by atoms with van der Waals surface area (Å²) in [4.78, 5) is 13.5. The third kappa shape index (κ3) is 2.66. The first-order chi connectivity index (χ1) is 8.65. The molecule has 3 nitrogen and oxygen atoms in total. The first kappa shape index (κ1) is 13.3. The summed E-state index contributed by atoms with van der Waals surface area (Å²) >= 11 is 3.38. The van der Waals surface area contributed by atoms with Crippen molar-refractivity contribution in [1.82, 2.24) is 4.90 Å². The van der Waals surface area contributed by atoms with Gasteiger partial charge in [-0.1, -0.05) is 28.1 Å². The number of halogens is 2. The second-order valence-corrected chi connectivity index (χ2v) is 5.08. The molecule has 2 rings (SSSR count). The van der Waals surface area contributed by atoms with Gasteiger partial charge in [-0.15, -0.1) is 0 Å². The number of amides is 1. The molecule has 1 heterocycles. The Bertz CT molecular complexity index is 453. The van der Waals surface area contributed by atoms with Gasteiger partial charge in [0.25, 0.3) is 0 Å². The maximum Gasteiger partial charge on any atom is 0.223 e. The van der Waals surface area contributed by atoms with Crippen molar-refractivity contribution in [2.24, 2.45) is 5.92 Å². The fourth-order valence-corrected chi connectivity index (χ4v) is 2.59. The van der Waals surface area contributed by atoms with E-state index in [1.165, 1.54) is 7.11 Å². The van der Waals surface area contributed by atoms with Crippen molar-refractivity contribution in [3.05, 3.63) is 29.6 Å². The molecule has 1 aromatic carbocycles. The van der Waals surface area contributed by atoms with Crippen LogP contribution < -0.4 is 4.74 Å².